The molecule has 0 amide bonds. The molecule has 3 heterocycles. The molecule has 3 aromatic heterocycles. The van der Waals surface area contributed by atoms with Crippen LogP contribution in [0.25, 0.3) is 42.3 Å². The van der Waals surface area contributed by atoms with Crippen LogP contribution in [-0.4, -0.2) is 14.5 Å². The van der Waals surface area contributed by atoms with Crippen molar-refractivity contribution in [3.63, 3.8) is 0 Å². The summed E-state index contributed by atoms with van der Waals surface area (Å²) in [6.45, 7) is 0. The first kappa shape index (κ1) is 14.2. The second-order valence-electron chi connectivity index (χ2n) is 6.12. The minimum atomic E-state index is 0.197. The lowest BCUT2D eigenvalue weighted by Crippen LogP contribution is -2.01. The summed E-state index contributed by atoms with van der Waals surface area (Å²) < 4.78 is 3.38. The number of nitrogens with zero attached hydrogens (tertiary/aromatic N) is 3. The fraction of sp³-hybridized carbons (Fsp3) is 0.0526. The van der Waals surface area contributed by atoms with Crippen LogP contribution in [0.3, 0.4) is 0 Å². The van der Waals surface area contributed by atoms with E-state index in [9.17, 15) is 0 Å². The maximum absolute atomic E-state index is 6.14. The number of nitrogens with two attached hydrogens (primary N) is 2. The Hall–Kier alpha value is -3.12. The van der Waals surface area contributed by atoms with Gasteiger partial charge in [0.15, 0.2) is 0 Å². The van der Waals surface area contributed by atoms with Crippen LogP contribution >= 0.6 is 11.3 Å². The van der Waals surface area contributed by atoms with Gasteiger partial charge in [0, 0.05) is 33.8 Å². The number of rotatable bonds is 1. The standard InChI is InChI=1S/C19H15N5S/c1-24-7-6-11-16-13(22-19(21)23-18(16)20)9-12(17(11)24)15-8-10-4-2-3-5-14(10)25-15/h2-9H,1H3,(H4,20,21,22,23). The van der Waals surface area contributed by atoms with Gasteiger partial charge in [-0.3, -0.25) is 0 Å². The zero-order chi connectivity index (χ0) is 17.1. The first-order valence-corrected chi connectivity index (χ1v) is 8.73. The predicted molar refractivity (Wildman–Crippen MR) is 106 cm³/mol. The number of nitrogen functional groups attached to an aromatic ring is 2. The molecule has 0 aliphatic rings. The third kappa shape index (κ3) is 2.01. The molecule has 0 unspecified atom stereocenters. The van der Waals surface area contributed by atoms with Crippen molar-refractivity contribution in [3.05, 3.63) is 48.7 Å². The van der Waals surface area contributed by atoms with Gasteiger partial charge in [-0.2, -0.15) is 4.98 Å². The molecule has 0 aliphatic heterocycles. The average molecular weight is 345 g/mol. The second kappa shape index (κ2) is 4.94. The SMILES string of the molecule is Cn1ccc2c3c(N)nc(N)nc3cc(-c3cc4ccccc4s3)c21. The average Bonchev–Trinajstić information content (AvgIpc) is 3.17. The Morgan fingerprint density at radius 2 is 1.88 bits per heavy atom. The first-order valence-electron chi connectivity index (χ1n) is 7.91. The summed E-state index contributed by atoms with van der Waals surface area (Å²) >= 11 is 1.78. The highest BCUT2D eigenvalue weighted by Crippen LogP contribution is 2.41. The van der Waals surface area contributed by atoms with E-state index in [1.807, 2.05) is 13.2 Å². The molecule has 4 N–H and O–H groups in total. The number of aryl methyl sites for hydroxylation is 1. The molecule has 0 saturated carbocycles. The van der Waals surface area contributed by atoms with Crippen molar-refractivity contribution in [3.8, 4) is 10.4 Å². The van der Waals surface area contributed by atoms with Crippen LogP contribution in [0.15, 0.2) is 48.7 Å². The molecule has 0 fully saturated rings. The molecule has 25 heavy (non-hydrogen) atoms. The lowest BCUT2D eigenvalue weighted by atomic mass is 10.0. The summed E-state index contributed by atoms with van der Waals surface area (Å²) in [4.78, 5) is 9.75. The summed E-state index contributed by atoms with van der Waals surface area (Å²) in [6.07, 6.45) is 2.04. The summed E-state index contributed by atoms with van der Waals surface area (Å²) in [5.41, 5.74) is 15.0. The summed E-state index contributed by atoms with van der Waals surface area (Å²) in [6, 6.07) is 14.8. The molecular weight excluding hydrogens is 330 g/mol. The zero-order valence-electron chi connectivity index (χ0n) is 13.5. The van der Waals surface area contributed by atoms with Crippen LogP contribution < -0.4 is 11.5 Å². The van der Waals surface area contributed by atoms with E-state index in [1.54, 1.807) is 11.3 Å². The van der Waals surface area contributed by atoms with E-state index in [0.717, 1.165) is 27.4 Å². The van der Waals surface area contributed by atoms with E-state index in [2.05, 4.69) is 57.0 Å². The van der Waals surface area contributed by atoms with Gasteiger partial charge in [-0.15, -0.1) is 11.3 Å². The molecule has 2 aromatic carbocycles. The van der Waals surface area contributed by atoms with Crippen LogP contribution in [0, 0.1) is 0 Å². The smallest absolute Gasteiger partial charge is 0.222 e. The van der Waals surface area contributed by atoms with Crippen LogP contribution in [0.4, 0.5) is 11.8 Å². The van der Waals surface area contributed by atoms with Gasteiger partial charge in [-0.05, 0) is 29.7 Å². The predicted octanol–water partition coefficient (Wildman–Crippen LogP) is 4.17. The molecule has 0 spiro atoms. The van der Waals surface area contributed by atoms with Gasteiger partial charge in [0.1, 0.15) is 5.82 Å². The molecule has 5 rings (SSSR count). The van der Waals surface area contributed by atoms with Crippen molar-refractivity contribution < 1.29 is 0 Å². The third-order valence-electron chi connectivity index (χ3n) is 4.55. The molecule has 0 bridgehead atoms. The largest absolute Gasteiger partial charge is 0.383 e. The molecule has 122 valence electrons. The van der Waals surface area contributed by atoms with Gasteiger partial charge in [-0.1, -0.05) is 18.2 Å². The normalized spacial score (nSPS) is 11.7. The second-order valence-corrected chi connectivity index (χ2v) is 7.21. The van der Waals surface area contributed by atoms with Crippen molar-refractivity contribution in [2.24, 2.45) is 7.05 Å². The highest BCUT2D eigenvalue weighted by molar-refractivity contribution is 7.22. The molecule has 0 saturated heterocycles. The summed E-state index contributed by atoms with van der Waals surface area (Å²) in [5.74, 6) is 0.615. The van der Waals surface area contributed by atoms with Gasteiger partial charge in [0.2, 0.25) is 5.95 Å². The van der Waals surface area contributed by atoms with E-state index in [4.69, 9.17) is 11.5 Å². The maximum atomic E-state index is 6.14. The number of fused-ring (bicyclic) bond motifs is 4. The van der Waals surface area contributed by atoms with E-state index in [0.29, 0.717) is 5.82 Å². The first-order chi connectivity index (χ1) is 12.1. The topological polar surface area (TPSA) is 82.8 Å². The van der Waals surface area contributed by atoms with Gasteiger partial charge in [0.25, 0.3) is 0 Å². The van der Waals surface area contributed by atoms with E-state index < -0.39 is 0 Å². The van der Waals surface area contributed by atoms with Crippen molar-refractivity contribution >= 4 is 55.0 Å². The van der Waals surface area contributed by atoms with Crippen molar-refractivity contribution in [1.29, 1.82) is 0 Å². The Bertz CT molecular complexity index is 1250. The monoisotopic (exact) mass is 345 g/mol. The Balaban J connectivity index is 1.95. The Morgan fingerprint density at radius 3 is 2.72 bits per heavy atom. The number of hydrogen-bond donors (Lipinski definition) is 2. The Labute approximate surface area is 147 Å². The maximum Gasteiger partial charge on any atom is 0.222 e. The highest BCUT2D eigenvalue weighted by atomic mass is 32.1. The number of anilines is 2. The summed E-state index contributed by atoms with van der Waals surface area (Å²) in [5, 5.41) is 3.14. The molecule has 5 aromatic rings. The van der Waals surface area contributed by atoms with Gasteiger partial charge in [0.05, 0.1) is 16.4 Å². The Kier molecular flexibility index (Phi) is 2.81. The number of hydrogen-bond acceptors (Lipinski definition) is 5. The van der Waals surface area contributed by atoms with Gasteiger partial charge >= 0.3 is 0 Å². The number of benzene rings is 2. The van der Waals surface area contributed by atoms with Gasteiger partial charge < -0.3 is 16.0 Å². The minimum Gasteiger partial charge on any atom is -0.383 e. The fourth-order valence-electron chi connectivity index (χ4n) is 3.47. The van der Waals surface area contributed by atoms with Crippen LogP contribution in [-0.2, 0) is 7.05 Å². The van der Waals surface area contributed by atoms with Crippen molar-refractivity contribution in [2.45, 2.75) is 0 Å². The van der Waals surface area contributed by atoms with Crippen molar-refractivity contribution in [1.82, 2.24) is 14.5 Å². The van der Waals surface area contributed by atoms with E-state index in [1.165, 1.54) is 15.0 Å². The highest BCUT2D eigenvalue weighted by Gasteiger charge is 2.16. The number of thiophene rings is 1. The molecular formula is C19H15N5S. The minimum absolute atomic E-state index is 0.197. The lowest BCUT2D eigenvalue weighted by molar-refractivity contribution is 0.970. The van der Waals surface area contributed by atoms with Crippen LogP contribution in [0.5, 0.6) is 0 Å². The Morgan fingerprint density at radius 1 is 1.04 bits per heavy atom. The van der Waals surface area contributed by atoms with Gasteiger partial charge in [-0.25, -0.2) is 4.98 Å². The molecule has 6 heteroatoms. The number of aromatic nitrogens is 3. The third-order valence-corrected chi connectivity index (χ3v) is 5.70. The zero-order valence-corrected chi connectivity index (χ0v) is 14.3. The van der Waals surface area contributed by atoms with Crippen LogP contribution in [0.1, 0.15) is 0 Å². The lowest BCUT2D eigenvalue weighted by Gasteiger charge is -2.09. The fourth-order valence-corrected chi connectivity index (χ4v) is 4.55. The van der Waals surface area contributed by atoms with Crippen molar-refractivity contribution in [2.75, 3.05) is 11.5 Å². The molecule has 0 atom stereocenters. The van der Waals surface area contributed by atoms with E-state index in [-0.39, 0.29) is 5.95 Å². The van der Waals surface area contributed by atoms with Crippen LogP contribution in [0.2, 0.25) is 0 Å². The quantitative estimate of drug-likeness (QED) is 0.478. The summed E-state index contributed by atoms with van der Waals surface area (Å²) in [7, 11) is 2.04. The van der Waals surface area contributed by atoms with E-state index >= 15 is 0 Å². The molecule has 0 radical (unpaired) electrons. The molecule has 0 aliphatic carbocycles. The molecule has 5 nitrogen and oxygen atoms in total.